The van der Waals surface area contributed by atoms with Crippen LogP contribution in [0.4, 0.5) is 13.2 Å². The largest absolute Gasteiger partial charge is 0.416 e. The third-order valence-electron chi connectivity index (χ3n) is 3.80. The van der Waals surface area contributed by atoms with Gasteiger partial charge in [0.15, 0.2) is 0 Å². The fourth-order valence-corrected chi connectivity index (χ4v) is 2.79. The highest BCUT2D eigenvalue weighted by Gasteiger charge is 2.33. The van der Waals surface area contributed by atoms with E-state index in [1.165, 1.54) is 12.1 Å². The Morgan fingerprint density at radius 1 is 1.17 bits per heavy atom. The minimum atomic E-state index is -4.25. The fourth-order valence-electron chi connectivity index (χ4n) is 2.79. The predicted molar refractivity (Wildman–Crippen MR) is 65.5 cm³/mol. The molecule has 18 heavy (non-hydrogen) atoms. The van der Waals surface area contributed by atoms with Crippen molar-refractivity contribution in [1.82, 2.24) is 4.90 Å². The van der Waals surface area contributed by atoms with Gasteiger partial charge in [0, 0.05) is 12.0 Å². The van der Waals surface area contributed by atoms with Crippen LogP contribution in [0.5, 0.6) is 0 Å². The monoisotopic (exact) mass is 257 g/mol. The molecule has 0 aliphatic carbocycles. The summed E-state index contributed by atoms with van der Waals surface area (Å²) in [5.41, 5.74) is 0.401. The molecule has 0 aromatic heterocycles. The first-order valence-corrected chi connectivity index (χ1v) is 6.18. The number of alkyl halides is 3. The van der Waals surface area contributed by atoms with E-state index < -0.39 is 11.7 Å². The van der Waals surface area contributed by atoms with Crippen molar-refractivity contribution < 1.29 is 13.2 Å². The van der Waals surface area contributed by atoms with Crippen LogP contribution >= 0.6 is 0 Å². The molecule has 0 N–H and O–H groups in total. The zero-order valence-electron chi connectivity index (χ0n) is 10.7. The molecular formula is C14H18F3N. The Hall–Kier alpha value is -1.03. The van der Waals surface area contributed by atoms with E-state index in [1.807, 2.05) is 0 Å². The number of rotatable bonds is 1. The zero-order chi connectivity index (χ0) is 13.4. The molecule has 1 fully saturated rings. The van der Waals surface area contributed by atoms with Crippen LogP contribution < -0.4 is 0 Å². The normalized spacial score (nSPS) is 26.3. The smallest absolute Gasteiger partial charge is 0.305 e. The van der Waals surface area contributed by atoms with E-state index in [0.717, 1.165) is 31.5 Å². The molecule has 0 bridgehead atoms. The first-order valence-electron chi connectivity index (χ1n) is 6.18. The zero-order valence-corrected chi connectivity index (χ0v) is 10.7. The summed E-state index contributed by atoms with van der Waals surface area (Å²) in [5.74, 6) is 0. The minimum absolute atomic E-state index is 0.0306. The summed E-state index contributed by atoms with van der Waals surface area (Å²) in [6.07, 6.45) is -2.13. The second kappa shape index (κ2) is 4.57. The third-order valence-corrected chi connectivity index (χ3v) is 3.80. The van der Waals surface area contributed by atoms with Gasteiger partial charge in [-0.2, -0.15) is 13.2 Å². The van der Waals surface area contributed by atoms with Crippen molar-refractivity contribution in [2.45, 2.75) is 31.4 Å². The molecule has 0 spiro atoms. The van der Waals surface area contributed by atoms with E-state index in [4.69, 9.17) is 0 Å². The van der Waals surface area contributed by atoms with Crippen LogP contribution in [0, 0.1) is 0 Å². The molecular weight excluding hydrogens is 239 g/mol. The first kappa shape index (κ1) is 13.4. The second-order valence-corrected chi connectivity index (χ2v) is 5.48. The number of piperidine rings is 1. The lowest BCUT2D eigenvalue weighted by atomic mass is 9.76. The number of nitrogens with zero attached hydrogens (tertiary/aromatic N) is 1. The molecule has 0 unspecified atom stereocenters. The molecule has 0 amide bonds. The highest BCUT2D eigenvalue weighted by atomic mass is 19.4. The van der Waals surface area contributed by atoms with Crippen LogP contribution in [0.25, 0.3) is 0 Å². The molecule has 1 aromatic carbocycles. The molecule has 1 saturated heterocycles. The van der Waals surface area contributed by atoms with Crippen LogP contribution in [0.15, 0.2) is 24.3 Å². The highest BCUT2D eigenvalue weighted by Crippen LogP contribution is 2.35. The Morgan fingerprint density at radius 3 is 2.28 bits per heavy atom. The quantitative estimate of drug-likeness (QED) is 0.741. The molecule has 0 saturated carbocycles. The average Bonchev–Trinajstić information content (AvgIpc) is 2.28. The van der Waals surface area contributed by atoms with Gasteiger partial charge < -0.3 is 4.90 Å². The van der Waals surface area contributed by atoms with Crippen molar-refractivity contribution in [2.75, 3.05) is 20.1 Å². The van der Waals surface area contributed by atoms with Crippen molar-refractivity contribution in [3.8, 4) is 0 Å². The molecule has 2 rings (SSSR count). The van der Waals surface area contributed by atoms with E-state index in [1.54, 1.807) is 12.1 Å². The standard InChI is InChI=1S/C14H18F3N/c1-13(8-3-9-18(2)10-13)11-4-6-12(7-5-11)14(15,16)17/h4-7H,3,8-10H2,1-2H3/t13-/m0/s1. The number of benzene rings is 1. The summed E-state index contributed by atoms with van der Waals surface area (Å²) in [6, 6.07) is 5.63. The van der Waals surface area contributed by atoms with Gasteiger partial charge >= 0.3 is 6.18 Å². The molecule has 1 aliphatic rings. The Bertz CT molecular complexity index is 410. The van der Waals surface area contributed by atoms with Gasteiger partial charge in [0.1, 0.15) is 0 Å². The van der Waals surface area contributed by atoms with Gasteiger partial charge in [-0.3, -0.25) is 0 Å². The SMILES string of the molecule is CN1CCC[C@](C)(c2ccc(C(F)(F)F)cc2)C1. The maximum Gasteiger partial charge on any atom is 0.416 e. The van der Waals surface area contributed by atoms with Gasteiger partial charge in [0.25, 0.3) is 0 Å². The Balaban J connectivity index is 2.23. The third kappa shape index (κ3) is 2.69. The van der Waals surface area contributed by atoms with Gasteiger partial charge in [-0.1, -0.05) is 19.1 Å². The summed E-state index contributed by atoms with van der Waals surface area (Å²) in [5, 5.41) is 0. The summed E-state index contributed by atoms with van der Waals surface area (Å²) < 4.78 is 37.5. The summed E-state index contributed by atoms with van der Waals surface area (Å²) in [4.78, 5) is 2.24. The molecule has 1 aromatic rings. The van der Waals surface area contributed by atoms with Gasteiger partial charge in [-0.25, -0.2) is 0 Å². The molecule has 0 radical (unpaired) electrons. The van der Waals surface area contributed by atoms with Crippen molar-refractivity contribution in [1.29, 1.82) is 0 Å². The number of hydrogen-bond acceptors (Lipinski definition) is 1. The van der Waals surface area contributed by atoms with E-state index in [2.05, 4.69) is 18.9 Å². The van der Waals surface area contributed by atoms with Gasteiger partial charge in [-0.05, 0) is 44.1 Å². The van der Waals surface area contributed by atoms with Crippen LogP contribution in [0.3, 0.4) is 0 Å². The average molecular weight is 257 g/mol. The molecule has 1 nitrogen and oxygen atoms in total. The van der Waals surface area contributed by atoms with E-state index >= 15 is 0 Å². The van der Waals surface area contributed by atoms with Crippen LogP contribution in [-0.4, -0.2) is 25.0 Å². The van der Waals surface area contributed by atoms with E-state index in [-0.39, 0.29) is 5.41 Å². The fraction of sp³-hybridized carbons (Fsp3) is 0.571. The molecule has 4 heteroatoms. The molecule has 1 atom stereocenters. The van der Waals surface area contributed by atoms with E-state index in [0.29, 0.717) is 0 Å². The topological polar surface area (TPSA) is 3.24 Å². The van der Waals surface area contributed by atoms with Crippen molar-refractivity contribution >= 4 is 0 Å². The maximum absolute atomic E-state index is 12.5. The molecule has 1 heterocycles. The Morgan fingerprint density at radius 2 is 1.78 bits per heavy atom. The number of halogens is 3. The number of likely N-dealkylation sites (tertiary alicyclic amines) is 1. The van der Waals surface area contributed by atoms with Crippen LogP contribution in [0.2, 0.25) is 0 Å². The Kier molecular flexibility index (Phi) is 3.41. The summed E-state index contributed by atoms with van der Waals surface area (Å²) in [7, 11) is 2.06. The summed E-state index contributed by atoms with van der Waals surface area (Å²) in [6.45, 7) is 4.10. The number of hydrogen-bond donors (Lipinski definition) is 0. The number of likely N-dealkylation sites (N-methyl/N-ethyl adjacent to an activating group) is 1. The lowest BCUT2D eigenvalue weighted by Crippen LogP contribution is -2.42. The molecule has 100 valence electrons. The summed E-state index contributed by atoms with van der Waals surface area (Å²) >= 11 is 0. The maximum atomic E-state index is 12.5. The van der Waals surface area contributed by atoms with Crippen molar-refractivity contribution in [3.05, 3.63) is 35.4 Å². The second-order valence-electron chi connectivity index (χ2n) is 5.48. The van der Waals surface area contributed by atoms with Gasteiger partial charge in [-0.15, -0.1) is 0 Å². The van der Waals surface area contributed by atoms with Crippen molar-refractivity contribution in [3.63, 3.8) is 0 Å². The highest BCUT2D eigenvalue weighted by molar-refractivity contribution is 5.30. The van der Waals surface area contributed by atoms with Gasteiger partial charge in [0.2, 0.25) is 0 Å². The van der Waals surface area contributed by atoms with E-state index in [9.17, 15) is 13.2 Å². The Labute approximate surface area is 106 Å². The van der Waals surface area contributed by atoms with Crippen LogP contribution in [0.1, 0.15) is 30.9 Å². The lowest BCUT2D eigenvalue weighted by molar-refractivity contribution is -0.137. The molecule has 1 aliphatic heterocycles. The lowest BCUT2D eigenvalue weighted by Gasteiger charge is -2.39. The van der Waals surface area contributed by atoms with Gasteiger partial charge in [0.05, 0.1) is 5.56 Å². The van der Waals surface area contributed by atoms with Crippen molar-refractivity contribution in [2.24, 2.45) is 0 Å². The minimum Gasteiger partial charge on any atom is -0.305 e. The predicted octanol–water partition coefficient (Wildman–Crippen LogP) is 3.69. The van der Waals surface area contributed by atoms with Crippen LogP contribution in [-0.2, 0) is 11.6 Å². The first-order chi connectivity index (χ1) is 8.31.